The molecule has 3 N–H and O–H groups in total. The van der Waals surface area contributed by atoms with Crippen LogP contribution in [0.3, 0.4) is 0 Å². The molecule has 0 heterocycles. The number of hydrogen-bond acceptors (Lipinski definition) is 3. The van der Waals surface area contributed by atoms with Crippen molar-refractivity contribution in [1.82, 2.24) is 10.6 Å². The second kappa shape index (κ2) is 8.29. The maximum Gasteiger partial charge on any atom is 0.191 e. The zero-order chi connectivity index (χ0) is 16.0. The standard InChI is InChI=1S/C16H31N3O2S/c1-3-17-15(18-12-16(20)9-6-10-16)19-13-7-5-8-14(11-13)22(21)4-2/h13-14,20H,3-12H2,1-2H3,(H2,17,18,19). The van der Waals surface area contributed by atoms with Gasteiger partial charge in [-0.25, -0.2) is 0 Å². The number of guanidine groups is 1. The molecule has 22 heavy (non-hydrogen) atoms. The predicted molar refractivity (Wildman–Crippen MR) is 92.6 cm³/mol. The number of nitrogens with zero attached hydrogens (tertiary/aromatic N) is 1. The van der Waals surface area contributed by atoms with Crippen LogP contribution in [-0.4, -0.2) is 51.0 Å². The number of aliphatic hydroxyl groups is 1. The van der Waals surface area contributed by atoms with Gasteiger partial charge in [0, 0.05) is 34.4 Å². The molecule has 2 saturated carbocycles. The maximum atomic E-state index is 12.0. The van der Waals surface area contributed by atoms with Crippen LogP contribution in [0.2, 0.25) is 0 Å². The molecule has 0 saturated heterocycles. The van der Waals surface area contributed by atoms with E-state index in [0.717, 1.165) is 63.2 Å². The Balaban J connectivity index is 1.89. The van der Waals surface area contributed by atoms with E-state index >= 15 is 0 Å². The van der Waals surface area contributed by atoms with E-state index in [1.54, 1.807) is 0 Å². The molecule has 3 atom stereocenters. The number of rotatable bonds is 6. The second-order valence-electron chi connectivity index (χ2n) is 6.57. The third-order valence-electron chi connectivity index (χ3n) is 4.78. The number of nitrogens with one attached hydrogen (secondary N) is 2. The van der Waals surface area contributed by atoms with E-state index in [9.17, 15) is 9.32 Å². The van der Waals surface area contributed by atoms with Crippen molar-refractivity contribution >= 4 is 16.8 Å². The number of hydrogen-bond donors (Lipinski definition) is 3. The lowest BCUT2D eigenvalue weighted by Crippen LogP contribution is -2.48. The van der Waals surface area contributed by atoms with Crippen LogP contribution in [0, 0.1) is 0 Å². The van der Waals surface area contributed by atoms with Gasteiger partial charge >= 0.3 is 0 Å². The lowest BCUT2D eigenvalue weighted by Gasteiger charge is -2.35. The minimum absolute atomic E-state index is 0.315. The van der Waals surface area contributed by atoms with Crippen molar-refractivity contribution in [3.05, 3.63) is 0 Å². The van der Waals surface area contributed by atoms with E-state index in [0.29, 0.717) is 17.8 Å². The van der Waals surface area contributed by atoms with E-state index in [1.165, 1.54) is 0 Å². The first-order valence-electron chi connectivity index (χ1n) is 8.70. The molecule has 0 aliphatic heterocycles. The molecule has 2 aliphatic rings. The highest BCUT2D eigenvalue weighted by molar-refractivity contribution is 7.85. The van der Waals surface area contributed by atoms with Crippen LogP contribution in [0.25, 0.3) is 0 Å². The zero-order valence-corrected chi connectivity index (χ0v) is 14.8. The Morgan fingerprint density at radius 1 is 1.32 bits per heavy atom. The van der Waals surface area contributed by atoms with Gasteiger partial charge in [-0.2, -0.15) is 0 Å². The van der Waals surface area contributed by atoms with Crippen molar-refractivity contribution in [3.63, 3.8) is 0 Å². The minimum Gasteiger partial charge on any atom is -0.388 e. The Kier molecular flexibility index (Phi) is 6.68. The highest BCUT2D eigenvalue weighted by atomic mass is 32.2. The van der Waals surface area contributed by atoms with Crippen LogP contribution in [0.4, 0.5) is 0 Å². The van der Waals surface area contributed by atoms with E-state index in [-0.39, 0.29) is 0 Å². The van der Waals surface area contributed by atoms with Crippen molar-refractivity contribution in [2.24, 2.45) is 4.99 Å². The van der Waals surface area contributed by atoms with Crippen LogP contribution in [0.5, 0.6) is 0 Å². The van der Waals surface area contributed by atoms with Crippen LogP contribution in [-0.2, 0) is 10.8 Å². The van der Waals surface area contributed by atoms with Crippen molar-refractivity contribution in [2.45, 2.75) is 75.7 Å². The van der Waals surface area contributed by atoms with Crippen molar-refractivity contribution < 1.29 is 9.32 Å². The van der Waals surface area contributed by atoms with Gasteiger partial charge in [-0.15, -0.1) is 0 Å². The first kappa shape index (κ1) is 17.7. The first-order chi connectivity index (χ1) is 10.6. The molecule has 0 spiro atoms. The van der Waals surface area contributed by atoms with Gasteiger partial charge in [0.15, 0.2) is 5.96 Å². The summed E-state index contributed by atoms with van der Waals surface area (Å²) in [6.45, 7) is 5.32. The molecule has 3 unspecified atom stereocenters. The highest BCUT2D eigenvalue weighted by Gasteiger charge is 2.34. The Hall–Kier alpha value is -0.620. The van der Waals surface area contributed by atoms with Crippen LogP contribution < -0.4 is 10.6 Å². The third-order valence-corrected chi connectivity index (χ3v) is 6.52. The molecule has 2 aliphatic carbocycles. The van der Waals surface area contributed by atoms with E-state index < -0.39 is 16.4 Å². The molecule has 2 fully saturated rings. The normalized spacial score (nSPS) is 29.5. The molecule has 0 aromatic rings. The summed E-state index contributed by atoms with van der Waals surface area (Å²) in [6.07, 6.45) is 7.07. The van der Waals surface area contributed by atoms with Gasteiger partial charge < -0.3 is 15.7 Å². The fraction of sp³-hybridized carbons (Fsp3) is 0.938. The molecular weight excluding hydrogens is 298 g/mol. The molecule has 0 aromatic carbocycles. The SMILES string of the molecule is CCNC(=NCC1(O)CCC1)NC1CCCC(S(=O)CC)C1. The molecule has 6 heteroatoms. The Bertz CT molecular complexity index is 410. The number of aliphatic imine (C=N–C) groups is 1. The summed E-state index contributed by atoms with van der Waals surface area (Å²) < 4.78 is 12.0. The average Bonchev–Trinajstić information content (AvgIpc) is 2.50. The molecule has 0 amide bonds. The van der Waals surface area contributed by atoms with Gasteiger partial charge in [-0.05, 0) is 45.4 Å². The average molecular weight is 330 g/mol. The topological polar surface area (TPSA) is 73.7 Å². The van der Waals surface area contributed by atoms with Crippen molar-refractivity contribution in [3.8, 4) is 0 Å². The van der Waals surface area contributed by atoms with Gasteiger partial charge in [0.05, 0.1) is 12.1 Å². The molecule has 2 rings (SSSR count). The molecule has 0 radical (unpaired) electrons. The van der Waals surface area contributed by atoms with E-state index in [2.05, 4.69) is 15.6 Å². The van der Waals surface area contributed by atoms with Gasteiger partial charge in [0.1, 0.15) is 0 Å². The predicted octanol–water partition coefficient (Wildman–Crippen LogP) is 1.54. The Morgan fingerprint density at radius 3 is 2.68 bits per heavy atom. The van der Waals surface area contributed by atoms with Gasteiger partial charge in [0.25, 0.3) is 0 Å². The molecule has 5 nitrogen and oxygen atoms in total. The van der Waals surface area contributed by atoms with Crippen LogP contribution in [0.15, 0.2) is 4.99 Å². The fourth-order valence-electron chi connectivity index (χ4n) is 3.23. The van der Waals surface area contributed by atoms with Crippen molar-refractivity contribution in [1.29, 1.82) is 0 Å². The summed E-state index contributed by atoms with van der Waals surface area (Å²) in [7, 11) is -0.703. The van der Waals surface area contributed by atoms with Gasteiger partial charge in [0.2, 0.25) is 0 Å². The van der Waals surface area contributed by atoms with E-state index in [1.807, 2.05) is 13.8 Å². The largest absolute Gasteiger partial charge is 0.388 e. The summed E-state index contributed by atoms with van der Waals surface area (Å²) in [4.78, 5) is 4.56. The van der Waals surface area contributed by atoms with Crippen LogP contribution in [0.1, 0.15) is 58.8 Å². The molecule has 0 aromatic heterocycles. The zero-order valence-electron chi connectivity index (χ0n) is 13.9. The van der Waals surface area contributed by atoms with Crippen LogP contribution >= 0.6 is 0 Å². The summed E-state index contributed by atoms with van der Waals surface area (Å²) in [5.74, 6) is 1.54. The summed E-state index contributed by atoms with van der Waals surface area (Å²) in [5, 5.41) is 17.2. The van der Waals surface area contributed by atoms with E-state index in [4.69, 9.17) is 0 Å². The third kappa shape index (κ3) is 4.95. The highest BCUT2D eigenvalue weighted by Crippen LogP contribution is 2.31. The molecule has 0 bridgehead atoms. The monoisotopic (exact) mass is 329 g/mol. The van der Waals surface area contributed by atoms with Gasteiger partial charge in [-0.1, -0.05) is 13.3 Å². The lowest BCUT2D eigenvalue weighted by atomic mass is 9.80. The Labute approximate surface area is 136 Å². The fourth-order valence-corrected chi connectivity index (χ4v) is 4.58. The first-order valence-corrected chi connectivity index (χ1v) is 10.1. The van der Waals surface area contributed by atoms with Gasteiger partial charge in [-0.3, -0.25) is 9.20 Å². The van der Waals surface area contributed by atoms with Crippen molar-refractivity contribution in [2.75, 3.05) is 18.8 Å². The molecular formula is C16H31N3O2S. The summed E-state index contributed by atoms with van der Waals surface area (Å²) in [6, 6.07) is 0.336. The minimum atomic E-state index is -0.703. The quantitative estimate of drug-likeness (QED) is 0.510. The summed E-state index contributed by atoms with van der Waals surface area (Å²) >= 11 is 0. The maximum absolute atomic E-state index is 12.0. The summed E-state index contributed by atoms with van der Waals surface area (Å²) in [5.41, 5.74) is -0.582. The Morgan fingerprint density at radius 2 is 2.09 bits per heavy atom. The second-order valence-corrected chi connectivity index (χ2v) is 8.58. The smallest absolute Gasteiger partial charge is 0.191 e. The lowest BCUT2D eigenvalue weighted by molar-refractivity contribution is -0.0236. The molecule has 128 valence electrons.